The molecule has 0 amide bonds. The highest BCUT2D eigenvalue weighted by Crippen LogP contribution is 2.25. The maximum atomic E-state index is 2.25. The molecule has 1 rings (SSSR count). The third-order valence-corrected chi connectivity index (χ3v) is 2.24. The molecule has 0 heteroatoms. The van der Waals surface area contributed by atoms with Gasteiger partial charge in [-0.25, -0.2) is 0 Å². The van der Waals surface area contributed by atoms with Gasteiger partial charge >= 0.3 is 0 Å². The topological polar surface area (TPSA) is 0 Å². The molecule has 0 unspecified atom stereocenters. The van der Waals surface area contributed by atoms with Crippen molar-refractivity contribution in [3.05, 3.63) is 34.9 Å². The van der Waals surface area contributed by atoms with E-state index in [1.54, 1.807) is 0 Å². The maximum absolute atomic E-state index is 2.25. The summed E-state index contributed by atoms with van der Waals surface area (Å²) < 4.78 is 0. The van der Waals surface area contributed by atoms with E-state index < -0.39 is 0 Å². The van der Waals surface area contributed by atoms with Crippen LogP contribution in [-0.2, 0) is 0 Å². The Labute approximate surface area is 75.7 Å². The Balaban J connectivity index is 2.62. The monoisotopic (exact) mass is 162 g/mol. The van der Waals surface area contributed by atoms with E-state index >= 15 is 0 Å². The van der Waals surface area contributed by atoms with Gasteiger partial charge in [-0.15, -0.1) is 0 Å². The lowest BCUT2D eigenvalue weighted by Gasteiger charge is -2.05. The van der Waals surface area contributed by atoms with E-state index in [0.717, 1.165) is 0 Å². The summed E-state index contributed by atoms with van der Waals surface area (Å²) in [6.45, 7) is 6.61. The van der Waals surface area contributed by atoms with Crippen molar-refractivity contribution in [2.24, 2.45) is 0 Å². The standard InChI is InChI=1S/C12H18/c1-4-5-7-11-8-6-9-12(11)10(2)3/h6,8-9H,4-5,7H2,1-3H3. The number of rotatable bonds is 3. The minimum atomic E-state index is 1.24. The van der Waals surface area contributed by atoms with Crippen molar-refractivity contribution in [1.29, 1.82) is 0 Å². The summed E-state index contributed by atoms with van der Waals surface area (Å²) in [6, 6.07) is 0. The lowest BCUT2D eigenvalue weighted by molar-refractivity contribution is 0.794. The molecule has 0 heterocycles. The van der Waals surface area contributed by atoms with Crippen molar-refractivity contribution in [2.75, 3.05) is 0 Å². The Morgan fingerprint density at radius 3 is 2.67 bits per heavy atom. The Hall–Kier alpha value is -0.780. The molecule has 66 valence electrons. The van der Waals surface area contributed by atoms with Crippen molar-refractivity contribution < 1.29 is 0 Å². The van der Waals surface area contributed by atoms with Crippen LogP contribution in [0.15, 0.2) is 34.9 Å². The molecule has 0 aromatic heterocycles. The summed E-state index contributed by atoms with van der Waals surface area (Å²) in [7, 11) is 0. The third kappa shape index (κ3) is 2.10. The van der Waals surface area contributed by atoms with E-state index in [1.165, 1.54) is 36.0 Å². The predicted octanol–water partition coefficient (Wildman–Crippen LogP) is 4.01. The Morgan fingerprint density at radius 1 is 1.33 bits per heavy atom. The number of unbranched alkanes of at least 4 members (excludes halogenated alkanes) is 1. The van der Waals surface area contributed by atoms with Crippen LogP contribution in [0.25, 0.3) is 0 Å². The van der Waals surface area contributed by atoms with E-state index in [-0.39, 0.29) is 0 Å². The highest BCUT2D eigenvalue weighted by atomic mass is 14.1. The first-order valence-electron chi connectivity index (χ1n) is 4.80. The number of allylic oxidation sites excluding steroid dienone is 6. The summed E-state index contributed by atoms with van der Waals surface area (Å²) >= 11 is 0. The molecule has 0 bridgehead atoms. The molecule has 0 N–H and O–H groups in total. The normalized spacial score (nSPS) is 15.2. The van der Waals surface area contributed by atoms with Crippen LogP contribution in [0, 0.1) is 0 Å². The van der Waals surface area contributed by atoms with Gasteiger partial charge in [0.15, 0.2) is 0 Å². The van der Waals surface area contributed by atoms with Gasteiger partial charge in [0, 0.05) is 0 Å². The van der Waals surface area contributed by atoms with Crippen LogP contribution in [0.5, 0.6) is 0 Å². The fourth-order valence-corrected chi connectivity index (χ4v) is 1.53. The first kappa shape index (κ1) is 9.31. The van der Waals surface area contributed by atoms with Gasteiger partial charge < -0.3 is 0 Å². The molecule has 0 aromatic carbocycles. The van der Waals surface area contributed by atoms with Crippen molar-refractivity contribution in [3.8, 4) is 0 Å². The van der Waals surface area contributed by atoms with Gasteiger partial charge in [0.1, 0.15) is 0 Å². The predicted molar refractivity (Wildman–Crippen MR) is 55.1 cm³/mol. The highest BCUT2D eigenvalue weighted by Gasteiger charge is 2.06. The smallest absolute Gasteiger partial charge is 0.0238 e. The van der Waals surface area contributed by atoms with E-state index in [2.05, 4.69) is 39.0 Å². The lowest BCUT2D eigenvalue weighted by atomic mass is 10.0. The molecule has 0 fully saturated rings. The molecule has 0 radical (unpaired) electrons. The summed E-state index contributed by atoms with van der Waals surface area (Å²) in [5.41, 5.74) is 4.42. The average molecular weight is 162 g/mol. The van der Waals surface area contributed by atoms with E-state index in [9.17, 15) is 0 Å². The molecule has 0 nitrogen and oxygen atoms in total. The summed E-state index contributed by atoms with van der Waals surface area (Å²) in [5.74, 6) is 0. The van der Waals surface area contributed by atoms with Crippen molar-refractivity contribution in [3.63, 3.8) is 0 Å². The molecule has 0 spiro atoms. The Kier molecular flexibility index (Phi) is 3.33. The summed E-state index contributed by atoms with van der Waals surface area (Å²) in [5, 5.41) is 0. The van der Waals surface area contributed by atoms with E-state index in [0.29, 0.717) is 0 Å². The van der Waals surface area contributed by atoms with Crippen molar-refractivity contribution in [1.82, 2.24) is 0 Å². The second kappa shape index (κ2) is 4.30. The third-order valence-electron chi connectivity index (χ3n) is 2.24. The van der Waals surface area contributed by atoms with Gasteiger partial charge in [-0.3, -0.25) is 0 Å². The molecular weight excluding hydrogens is 144 g/mol. The second-order valence-corrected chi connectivity index (χ2v) is 3.57. The van der Waals surface area contributed by atoms with Gasteiger partial charge in [0.05, 0.1) is 0 Å². The fraction of sp³-hybridized carbons (Fsp3) is 0.500. The minimum Gasteiger partial charge on any atom is -0.0689 e. The van der Waals surface area contributed by atoms with Crippen LogP contribution in [0.1, 0.15) is 40.0 Å². The van der Waals surface area contributed by atoms with Crippen LogP contribution in [-0.4, -0.2) is 0 Å². The molecular formula is C12H18. The van der Waals surface area contributed by atoms with Crippen LogP contribution < -0.4 is 0 Å². The quantitative estimate of drug-likeness (QED) is 0.588. The van der Waals surface area contributed by atoms with E-state index in [1.807, 2.05) is 0 Å². The van der Waals surface area contributed by atoms with Gasteiger partial charge in [0.25, 0.3) is 0 Å². The zero-order valence-corrected chi connectivity index (χ0v) is 8.35. The summed E-state index contributed by atoms with van der Waals surface area (Å²) in [4.78, 5) is 0. The van der Waals surface area contributed by atoms with Crippen LogP contribution >= 0.6 is 0 Å². The highest BCUT2D eigenvalue weighted by molar-refractivity contribution is 5.50. The van der Waals surface area contributed by atoms with E-state index in [4.69, 9.17) is 0 Å². The van der Waals surface area contributed by atoms with Crippen molar-refractivity contribution >= 4 is 0 Å². The van der Waals surface area contributed by atoms with Gasteiger partial charge in [-0.2, -0.15) is 0 Å². The zero-order chi connectivity index (χ0) is 8.97. The molecule has 1 aliphatic rings. The number of hydrogen-bond acceptors (Lipinski definition) is 0. The van der Waals surface area contributed by atoms with Gasteiger partial charge in [0.2, 0.25) is 0 Å². The number of hydrogen-bond donors (Lipinski definition) is 0. The maximum Gasteiger partial charge on any atom is -0.0238 e. The molecule has 0 atom stereocenters. The molecule has 0 aromatic rings. The largest absolute Gasteiger partial charge is 0.0689 e. The Bertz CT molecular complexity index is 235. The lowest BCUT2D eigenvalue weighted by Crippen LogP contribution is -1.86. The molecule has 1 aliphatic carbocycles. The zero-order valence-electron chi connectivity index (χ0n) is 8.35. The van der Waals surface area contributed by atoms with Gasteiger partial charge in [-0.05, 0) is 37.8 Å². The van der Waals surface area contributed by atoms with Crippen LogP contribution in [0.3, 0.4) is 0 Å². The van der Waals surface area contributed by atoms with Crippen LogP contribution in [0.4, 0.5) is 0 Å². The first-order chi connectivity index (χ1) is 5.75. The second-order valence-electron chi connectivity index (χ2n) is 3.57. The van der Waals surface area contributed by atoms with Gasteiger partial charge in [-0.1, -0.05) is 37.1 Å². The Morgan fingerprint density at radius 2 is 2.08 bits per heavy atom. The SMILES string of the molecule is CCCCC1=CC=CC1=C(C)C. The summed E-state index contributed by atoms with van der Waals surface area (Å²) in [6.07, 6.45) is 10.5. The minimum absolute atomic E-state index is 1.24. The molecule has 0 saturated heterocycles. The average Bonchev–Trinajstić information content (AvgIpc) is 2.48. The fourth-order valence-electron chi connectivity index (χ4n) is 1.53. The molecule has 0 saturated carbocycles. The first-order valence-corrected chi connectivity index (χ1v) is 4.80. The molecule has 0 aliphatic heterocycles. The molecule has 12 heavy (non-hydrogen) atoms. The van der Waals surface area contributed by atoms with Crippen LogP contribution in [0.2, 0.25) is 0 Å². The van der Waals surface area contributed by atoms with Crippen molar-refractivity contribution in [2.45, 2.75) is 40.0 Å².